The molecule has 0 saturated carbocycles. The largest absolute Gasteiger partial charge is 0.369 e. The van der Waals surface area contributed by atoms with E-state index in [4.69, 9.17) is 4.98 Å². The van der Waals surface area contributed by atoms with Crippen molar-refractivity contribution in [3.8, 4) is 0 Å². The lowest BCUT2D eigenvalue weighted by Gasteiger charge is -2.40. The molecule has 1 aliphatic rings. The number of hydrogen-bond donors (Lipinski definition) is 0. The zero-order valence-electron chi connectivity index (χ0n) is 13.6. The third-order valence-electron chi connectivity index (χ3n) is 4.62. The lowest BCUT2D eigenvalue weighted by molar-refractivity contribution is 0.179. The predicted molar refractivity (Wildman–Crippen MR) is 99.2 cm³/mol. The molecule has 4 rings (SSSR count). The third-order valence-corrected chi connectivity index (χ3v) is 5.09. The molecule has 5 nitrogen and oxygen atoms in total. The maximum Gasteiger partial charge on any atom is 0.137 e. The minimum absolute atomic E-state index is 0.489. The Balaban J connectivity index is 1.45. The van der Waals surface area contributed by atoms with Gasteiger partial charge in [0.25, 0.3) is 0 Å². The second-order valence-electron chi connectivity index (χ2n) is 6.32. The first-order chi connectivity index (χ1) is 11.7. The average Bonchev–Trinajstić information content (AvgIpc) is 2.99. The third kappa shape index (κ3) is 3.16. The van der Waals surface area contributed by atoms with Crippen LogP contribution in [-0.2, 0) is 6.54 Å². The Labute approximate surface area is 150 Å². The molecule has 24 heavy (non-hydrogen) atoms. The Hall–Kier alpha value is -1.92. The highest BCUT2D eigenvalue weighted by Gasteiger charge is 2.24. The predicted octanol–water partition coefficient (Wildman–Crippen LogP) is 3.20. The van der Waals surface area contributed by atoms with Gasteiger partial charge < -0.3 is 9.30 Å². The average molecular weight is 386 g/mol. The Morgan fingerprint density at radius 2 is 1.96 bits per heavy atom. The van der Waals surface area contributed by atoms with Crippen molar-refractivity contribution in [1.29, 1.82) is 0 Å². The molecule has 1 fully saturated rings. The van der Waals surface area contributed by atoms with Crippen molar-refractivity contribution in [2.75, 3.05) is 24.5 Å². The Bertz CT molecular complexity index is 832. The minimum atomic E-state index is 0.489. The molecule has 1 unspecified atom stereocenters. The Kier molecular flexibility index (Phi) is 4.24. The number of fused-ring (bicyclic) bond motifs is 1. The summed E-state index contributed by atoms with van der Waals surface area (Å²) < 4.78 is 3.15. The maximum absolute atomic E-state index is 4.74. The first-order valence-electron chi connectivity index (χ1n) is 8.21. The fraction of sp³-hybridized carbons (Fsp3) is 0.333. The molecule has 0 spiro atoms. The molecule has 0 amide bonds. The molecule has 4 heterocycles. The summed E-state index contributed by atoms with van der Waals surface area (Å²) in [6.45, 7) is 6.29. The van der Waals surface area contributed by atoms with Crippen molar-refractivity contribution >= 4 is 27.3 Å². The molecule has 124 valence electrons. The quantitative estimate of drug-likeness (QED) is 0.693. The molecule has 0 bridgehead atoms. The van der Waals surface area contributed by atoms with E-state index in [1.807, 2.05) is 24.5 Å². The molecule has 3 aromatic heterocycles. The molecule has 0 aliphatic carbocycles. The Morgan fingerprint density at radius 3 is 2.75 bits per heavy atom. The van der Waals surface area contributed by atoms with Crippen molar-refractivity contribution in [3.05, 3.63) is 59.2 Å². The van der Waals surface area contributed by atoms with Crippen LogP contribution in [-0.4, -0.2) is 44.9 Å². The van der Waals surface area contributed by atoms with E-state index in [0.29, 0.717) is 6.04 Å². The van der Waals surface area contributed by atoms with Crippen LogP contribution in [0.2, 0.25) is 0 Å². The first-order valence-corrected chi connectivity index (χ1v) is 9.00. The summed E-state index contributed by atoms with van der Waals surface area (Å²) in [5, 5.41) is 0. The Morgan fingerprint density at radius 1 is 1.12 bits per heavy atom. The van der Waals surface area contributed by atoms with Crippen LogP contribution < -0.4 is 4.90 Å². The van der Waals surface area contributed by atoms with Crippen LogP contribution in [0.15, 0.2) is 53.5 Å². The number of anilines is 1. The van der Waals surface area contributed by atoms with E-state index in [0.717, 1.165) is 42.0 Å². The highest BCUT2D eigenvalue weighted by atomic mass is 79.9. The van der Waals surface area contributed by atoms with Gasteiger partial charge in [-0.05, 0) is 47.1 Å². The van der Waals surface area contributed by atoms with Gasteiger partial charge in [-0.3, -0.25) is 9.88 Å². The van der Waals surface area contributed by atoms with Gasteiger partial charge in [-0.2, -0.15) is 0 Å². The van der Waals surface area contributed by atoms with Gasteiger partial charge in [-0.15, -0.1) is 0 Å². The summed E-state index contributed by atoms with van der Waals surface area (Å²) in [6, 6.07) is 8.73. The molecule has 1 aliphatic heterocycles. The number of pyridine rings is 2. The van der Waals surface area contributed by atoms with Gasteiger partial charge in [0, 0.05) is 67.2 Å². The normalized spacial score (nSPS) is 19.1. The fourth-order valence-electron chi connectivity index (χ4n) is 3.32. The van der Waals surface area contributed by atoms with Crippen molar-refractivity contribution in [2.45, 2.75) is 19.5 Å². The molecule has 0 radical (unpaired) electrons. The standard InChI is InChI=1S/C18H20BrN5/c1-14-10-23(17-4-6-20-7-5-17)9-8-22(14)12-16-13-24-11-15(19)2-3-18(24)21-16/h2-7,11,13-14H,8-10,12H2,1H3. The summed E-state index contributed by atoms with van der Waals surface area (Å²) >= 11 is 3.51. The second kappa shape index (κ2) is 6.53. The zero-order chi connectivity index (χ0) is 16.5. The first kappa shape index (κ1) is 15.6. The zero-order valence-corrected chi connectivity index (χ0v) is 15.2. The number of nitrogens with zero attached hydrogens (tertiary/aromatic N) is 5. The van der Waals surface area contributed by atoms with E-state index >= 15 is 0 Å². The van der Waals surface area contributed by atoms with E-state index in [1.54, 1.807) is 0 Å². The van der Waals surface area contributed by atoms with Crippen molar-refractivity contribution < 1.29 is 0 Å². The summed E-state index contributed by atoms with van der Waals surface area (Å²) in [5.74, 6) is 0. The van der Waals surface area contributed by atoms with E-state index in [1.165, 1.54) is 5.69 Å². The summed E-state index contributed by atoms with van der Waals surface area (Å²) in [7, 11) is 0. The minimum Gasteiger partial charge on any atom is -0.369 e. The van der Waals surface area contributed by atoms with Crippen molar-refractivity contribution in [1.82, 2.24) is 19.3 Å². The van der Waals surface area contributed by atoms with Gasteiger partial charge in [-0.25, -0.2) is 4.98 Å². The van der Waals surface area contributed by atoms with Crippen LogP contribution in [0.5, 0.6) is 0 Å². The van der Waals surface area contributed by atoms with Crippen LogP contribution in [0.4, 0.5) is 5.69 Å². The molecule has 0 aromatic carbocycles. The fourth-order valence-corrected chi connectivity index (χ4v) is 3.67. The molecule has 3 aromatic rings. The number of halogens is 1. The smallest absolute Gasteiger partial charge is 0.137 e. The lowest BCUT2D eigenvalue weighted by Crippen LogP contribution is -2.51. The lowest BCUT2D eigenvalue weighted by atomic mass is 10.1. The highest BCUT2D eigenvalue weighted by Crippen LogP contribution is 2.20. The van der Waals surface area contributed by atoms with Gasteiger partial charge >= 0.3 is 0 Å². The van der Waals surface area contributed by atoms with E-state index < -0.39 is 0 Å². The number of imidazole rings is 1. The van der Waals surface area contributed by atoms with Gasteiger partial charge in [0.05, 0.1) is 5.69 Å². The maximum atomic E-state index is 4.74. The highest BCUT2D eigenvalue weighted by molar-refractivity contribution is 9.10. The van der Waals surface area contributed by atoms with E-state index in [2.05, 4.69) is 66.6 Å². The van der Waals surface area contributed by atoms with Crippen molar-refractivity contribution in [3.63, 3.8) is 0 Å². The van der Waals surface area contributed by atoms with Crippen LogP contribution in [0.1, 0.15) is 12.6 Å². The number of rotatable bonds is 3. The molecule has 6 heteroatoms. The van der Waals surface area contributed by atoms with Crippen LogP contribution in [0, 0.1) is 0 Å². The van der Waals surface area contributed by atoms with Crippen molar-refractivity contribution in [2.24, 2.45) is 0 Å². The number of aromatic nitrogens is 3. The summed E-state index contributed by atoms with van der Waals surface area (Å²) in [4.78, 5) is 13.8. The van der Waals surface area contributed by atoms with Gasteiger partial charge in [-0.1, -0.05) is 0 Å². The molecule has 1 saturated heterocycles. The SMILES string of the molecule is CC1CN(c2ccncc2)CCN1Cc1cn2cc(Br)ccc2n1. The summed E-state index contributed by atoms with van der Waals surface area (Å²) in [5.41, 5.74) is 3.38. The van der Waals surface area contributed by atoms with Gasteiger partial charge in [0.1, 0.15) is 5.65 Å². The van der Waals surface area contributed by atoms with Crippen LogP contribution in [0.3, 0.4) is 0 Å². The molecular formula is C18H20BrN5. The van der Waals surface area contributed by atoms with Gasteiger partial charge in [0.2, 0.25) is 0 Å². The second-order valence-corrected chi connectivity index (χ2v) is 7.23. The topological polar surface area (TPSA) is 36.7 Å². The number of piperazine rings is 1. The summed E-state index contributed by atoms with van der Waals surface area (Å²) in [6.07, 6.45) is 7.90. The van der Waals surface area contributed by atoms with E-state index in [9.17, 15) is 0 Å². The van der Waals surface area contributed by atoms with Gasteiger partial charge in [0.15, 0.2) is 0 Å². The molecular weight excluding hydrogens is 366 g/mol. The molecule has 0 N–H and O–H groups in total. The number of hydrogen-bond acceptors (Lipinski definition) is 4. The van der Waals surface area contributed by atoms with Crippen LogP contribution >= 0.6 is 15.9 Å². The monoisotopic (exact) mass is 385 g/mol. The van der Waals surface area contributed by atoms with E-state index in [-0.39, 0.29) is 0 Å². The molecule has 1 atom stereocenters. The van der Waals surface area contributed by atoms with Crippen LogP contribution in [0.25, 0.3) is 5.65 Å².